The van der Waals surface area contributed by atoms with E-state index in [1.807, 2.05) is 0 Å². The van der Waals surface area contributed by atoms with Crippen LogP contribution in [0.4, 0.5) is 14.4 Å². The second-order valence-corrected chi connectivity index (χ2v) is 3.96. The second kappa shape index (κ2) is 4.82. The number of rotatable bonds is 3. The molecular formula is C10H12O9. The molecule has 2 aliphatic rings. The minimum absolute atomic E-state index is 0.224. The van der Waals surface area contributed by atoms with Gasteiger partial charge in [-0.25, -0.2) is 14.4 Å². The summed E-state index contributed by atoms with van der Waals surface area (Å²) in [6.07, 6.45) is -4.57. The molecule has 2 rings (SSSR count). The van der Waals surface area contributed by atoms with Gasteiger partial charge in [0.25, 0.3) is 12.1 Å². The highest BCUT2D eigenvalue weighted by atomic mass is 16.9. The summed E-state index contributed by atoms with van der Waals surface area (Å²) in [4.78, 5) is 33.1. The molecule has 0 spiro atoms. The molecule has 0 aromatic heterocycles. The second-order valence-electron chi connectivity index (χ2n) is 3.96. The van der Waals surface area contributed by atoms with Crippen molar-refractivity contribution < 1.29 is 42.8 Å². The quantitative estimate of drug-likeness (QED) is 0.556. The zero-order chi connectivity index (χ0) is 14.0. The van der Waals surface area contributed by atoms with Gasteiger partial charge in [-0.3, -0.25) is 0 Å². The first-order valence-corrected chi connectivity index (χ1v) is 5.55. The normalized spacial score (nSPS) is 32.9. The first-order chi connectivity index (χ1) is 8.93. The maximum atomic E-state index is 11.5. The highest BCUT2D eigenvalue weighted by Crippen LogP contribution is 2.31. The number of cyclic esters (lactones) is 4. The molecule has 2 fully saturated rings. The van der Waals surface area contributed by atoms with E-state index in [-0.39, 0.29) is 6.61 Å². The van der Waals surface area contributed by atoms with E-state index in [0.717, 1.165) is 0 Å². The standard InChI is InChI=1S/C10H12O9/c1-3-5-10(2,18-8(12)15-5)19-9(13)17-6-4-14-7(11)16-6/h5-6H,3-4H2,1-2H3. The van der Waals surface area contributed by atoms with Crippen molar-refractivity contribution in [2.75, 3.05) is 6.61 Å². The number of hydrogen-bond donors (Lipinski definition) is 0. The summed E-state index contributed by atoms with van der Waals surface area (Å²) in [7, 11) is 0. The summed E-state index contributed by atoms with van der Waals surface area (Å²) in [6.45, 7) is 2.87. The highest BCUT2D eigenvalue weighted by molar-refractivity contribution is 5.66. The SMILES string of the molecule is CCC1OC(=O)OC1(C)OC(=O)OC1COC(=O)O1. The molecule has 2 saturated heterocycles. The van der Waals surface area contributed by atoms with Crippen LogP contribution in [0.5, 0.6) is 0 Å². The molecule has 2 aliphatic heterocycles. The van der Waals surface area contributed by atoms with Gasteiger partial charge in [0, 0.05) is 6.92 Å². The van der Waals surface area contributed by atoms with Crippen molar-refractivity contribution in [2.24, 2.45) is 0 Å². The Bertz CT molecular complexity index is 406. The van der Waals surface area contributed by atoms with E-state index in [1.165, 1.54) is 6.92 Å². The van der Waals surface area contributed by atoms with Crippen LogP contribution in [0.3, 0.4) is 0 Å². The summed E-state index contributed by atoms with van der Waals surface area (Å²) in [5.74, 6) is -1.58. The Morgan fingerprint density at radius 3 is 2.68 bits per heavy atom. The van der Waals surface area contributed by atoms with Gasteiger partial charge < -0.3 is 28.4 Å². The molecule has 9 nitrogen and oxygen atoms in total. The molecular weight excluding hydrogens is 264 g/mol. The van der Waals surface area contributed by atoms with Crippen molar-refractivity contribution >= 4 is 18.5 Å². The average molecular weight is 276 g/mol. The van der Waals surface area contributed by atoms with Gasteiger partial charge in [-0.15, -0.1) is 0 Å². The lowest BCUT2D eigenvalue weighted by Crippen LogP contribution is -2.42. The topological polar surface area (TPSA) is 107 Å². The minimum Gasteiger partial charge on any atom is -0.426 e. The van der Waals surface area contributed by atoms with E-state index in [9.17, 15) is 14.4 Å². The van der Waals surface area contributed by atoms with Crippen LogP contribution in [0.1, 0.15) is 20.3 Å². The van der Waals surface area contributed by atoms with Crippen LogP contribution in [0.25, 0.3) is 0 Å². The van der Waals surface area contributed by atoms with Crippen LogP contribution in [0.15, 0.2) is 0 Å². The first-order valence-electron chi connectivity index (χ1n) is 5.55. The summed E-state index contributed by atoms with van der Waals surface area (Å²) >= 11 is 0. The van der Waals surface area contributed by atoms with Gasteiger partial charge in [-0.2, -0.15) is 0 Å². The molecule has 9 heteroatoms. The summed E-state index contributed by atoms with van der Waals surface area (Å²) in [5, 5.41) is 0. The van der Waals surface area contributed by atoms with Gasteiger partial charge in [0.1, 0.15) is 0 Å². The van der Waals surface area contributed by atoms with Crippen molar-refractivity contribution in [3.8, 4) is 0 Å². The fourth-order valence-electron chi connectivity index (χ4n) is 1.69. The van der Waals surface area contributed by atoms with Gasteiger partial charge in [-0.05, 0) is 6.42 Å². The molecule has 106 valence electrons. The lowest BCUT2D eigenvalue weighted by atomic mass is 10.1. The Kier molecular flexibility index (Phi) is 3.36. The molecule has 0 aromatic rings. The molecule has 3 unspecified atom stereocenters. The third kappa shape index (κ3) is 2.80. The van der Waals surface area contributed by atoms with Gasteiger partial charge >= 0.3 is 18.5 Å². The van der Waals surface area contributed by atoms with E-state index in [4.69, 9.17) is 14.2 Å². The predicted octanol–water partition coefficient (Wildman–Crippen LogP) is 1.29. The molecule has 0 N–H and O–H groups in total. The molecule has 0 radical (unpaired) electrons. The van der Waals surface area contributed by atoms with Crippen LogP contribution in [0, 0.1) is 0 Å². The summed E-state index contributed by atoms with van der Waals surface area (Å²) in [5.41, 5.74) is 0. The zero-order valence-electron chi connectivity index (χ0n) is 10.2. The van der Waals surface area contributed by atoms with E-state index < -0.39 is 36.6 Å². The highest BCUT2D eigenvalue weighted by Gasteiger charge is 2.51. The monoisotopic (exact) mass is 276 g/mol. The molecule has 2 heterocycles. The van der Waals surface area contributed by atoms with Gasteiger partial charge in [0.15, 0.2) is 12.7 Å². The predicted molar refractivity (Wildman–Crippen MR) is 53.8 cm³/mol. The largest absolute Gasteiger partial charge is 0.514 e. The van der Waals surface area contributed by atoms with Crippen LogP contribution in [-0.2, 0) is 28.4 Å². The Balaban J connectivity index is 1.90. The fraction of sp³-hybridized carbons (Fsp3) is 0.700. The van der Waals surface area contributed by atoms with Crippen molar-refractivity contribution in [3.63, 3.8) is 0 Å². The maximum absolute atomic E-state index is 11.5. The number of carbonyl (C=O) groups is 3. The van der Waals surface area contributed by atoms with Gasteiger partial charge in [0.05, 0.1) is 0 Å². The summed E-state index contributed by atoms with van der Waals surface area (Å²) in [6, 6.07) is 0. The van der Waals surface area contributed by atoms with Crippen LogP contribution in [-0.4, -0.2) is 43.3 Å². The molecule has 0 aliphatic carbocycles. The summed E-state index contributed by atoms with van der Waals surface area (Å²) < 4.78 is 28.0. The smallest absolute Gasteiger partial charge is 0.426 e. The van der Waals surface area contributed by atoms with E-state index in [1.54, 1.807) is 6.92 Å². The third-order valence-electron chi connectivity index (χ3n) is 2.56. The Hall–Kier alpha value is -2.19. The fourth-order valence-corrected chi connectivity index (χ4v) is 1.69. The number of hydrogen-bond acceptors (Lipinski definition) is 9. The molecule has 0 saturated carbocycles. The van der Waals surface area contributed by atoms with Gasteiger partial charge in [-0.1, -0.05) is 6.92 Å². The van der Waals surface area contributed by atoms with Crippen molar-refractivity contribution in [2.45, 2.75) is 38.4 Å². The Morgan fingerprint density at radius 1 is 1.37 bits per heavy atom. The van der Waals surface area contributed by atoms with E-state index >= 15 is 0 Å². The third-order valence-corrected chi connectivity index (χ3v) is 2.56. The molecule has 19 heavy (non-hydrogen) atoms. The van der Waals surface area contributed by atoms with Crippen LogP contribution < -0.4 is 0 Å². The van der Waals surface area contributed by atoms with Gasteiger partial charge in [0.2, 0.25) is 0 Å². The Morgan fingerprint density at radius 2 is 2.11 bits per heavy atom. The first kappa shape index (κ1) is 13.2. The van der Waals surface area contributed by atoms with Crippen LogP contribution >= 0.6 is 0 Å². The zero-order valence-corrected chi connectivity index (χ0v) is 10.2. The average Bonchev–Trinajstić information content (AvgIpc) is 2.82. The van der Waals surface area contributed by atoms with Crippen molar-refractivity contribution in [1.29, 1.82) is 0 Å². The molecule has 0 amide bonds. The maximum Gasteiger partial charge on any atom is 0.514 e. The molecule has 0 bridgehead atoms. The van der Waals surface area contributed by atoms with E-state index in [0.29, 0.717) is 6.42 Å². The van der Waals surface area contributed by atoms with Crippen molar-refractivity contribution in [1.82, 2.24) is 0 Å². The Labute approximate surface area is 107 Å². The number of carbonyl (C=O) groups excluding carboxylic acids is 3. The lowest BCUT2D eigenvalue weighted by Gasteiger charge is -2.25. The minimum atomic E-state index is -1.58. The lowest BCUT2D eigenvalue weighted by molar-refractivity contribution is -0.178. The van der Waals surface area contributed by atoms with E-state index in [2.05, 4.69) is 14.2 Å². The van der Waals surface area contributed by atoms with Crippen molar-refractivity contribution in [3.05, 3.63) is 0 Å². The van der Waals surface area contributed by atoms with Crippen LogP contribution in [0.2, 0.25) is 0 Å². The number of ether oxygens (including phenoxy) is 6. The molecule has 0 aromatic carbocycles. The molecule has 3 atom stereocenters.